The number of carbonyl (C=O) groups excluding carboxylic acids is 1. The van der Waals surface area contributed by atoms with Crippen molar-refractivity contribution in [1.29, 1.82) is 0 Å². The van der Waals surface area contributed by atoms with Crippen LogP contribution in [0.1, 0.15) is 46.6 Å². The number of ether oxygens (including phenoxy) is 1. The molecule has 0 aromatic heterocycles. The second-order valence-electron chi connectivity index (χ2n) is 8.13. The van der Waals surface area contributed by atoms with Crippen molar-refractivity contribution in [2.45, 2.75) is 59.7 Å². The molecule has 0 radical (unpaired) electrons. The van der Waals surface area contributed by atoms with E-state index in [1.807, 2.05) is 24.3 Å². The number of aliphatic imine (C=N–C) groups is 1. The maximum Gasteiger partial charge on any atom is 0.259 e. The van der Waals surface area contributed by atoms with Crippen molar-refractivity contribution in [1.82, 2.24) is 20.4 Å². The normalized spacial score (nSPS) is 11.5. The summed E-state index contributed by atoms with van der Waals surface area (Å²) in [6.07, 6.45) is 1.06. The summed E-state index contributed by atoms with van der Waals surface area (Å²) in [4.78, 5) is 20.4. The van der Waals surface area contributed by atoms with E-state index in [4.69, 9.17) is 4.74 Å². The van der Waals surface area contributed by atoms with Crippen LogP contribution in [0, 0.1) is 0 Å². The van der Waals surface area contributed by atoms with Crippen LogP contribution in [0.15, 0.2) is 29.3 Å². The summed E-state index contributed by atoms with van der Waals surface area (Å²) in [5, 5.41) is 6.72. The van der Waals surface area contributed by atoms with Gasteiger partial charge in [0.2, 0.25) is 0 Å². The monoisotopic (exact) mass is 547 g/mol. The highest BCUT2D eigenvalue weighted by atomic mass is 127. The molecule has 8 heteroatoms. The van der Waals surface area contributed by atoms with Crippen LogP contribution < -0.4 is 15.4 Å². The highest BCUT2D eigenvalue weighted by molar-refractivity contribution is 14.0. The molecule has 0 heterocycles. The Morgan fingerprint density at radius 3 is 2.39 bits per heavy atom. The Labute approximate surface area is 206 Å². The molecule has 0 aliphatic heterocycles. The summed E-state index contributed by atoms with van der Waals surface area (Å²) < 4.78 is 5.59. The van der Waals surface area contributed by atoms with Gasteiger partial charge in [0.05, 0.1) is 6.54 Å². The molecule has 0 spiro atoms. The number of hydrogen-bond acceptors (Lipinski definition) is 4. The quantitative estimate of drug-likeness (QED) is 0.182. The summed E-state index contributed by atoms with van der Waals surface area (Å²) in [6.45, 7) is 14.4. The third-order valence-electron chi connectivity index (χ3n) is 4.74. The van der Waals surface area contributed by atoms with Crippen molar-refractivity contribution < 1.29 is 9.53 Å². The van der Waals surface area contributed by atoms with Crippen LogP contribution >= 0.6 is 24.0 Å². The molecule has 7 nitrogen and oxygen atoms in total. The largest absolute Gasteiger partial charge is 0.484 e. The first-order valence-electron chi connectivity index (χ1n) is 10.9. The van der Waals surface area contributed by atoms with E-state index in [0.29, 0.717) is 24.4 Å². The molecule has 1 aromatic rings. The molecular weight excluding hydrogens is 505 g/mol. The number of amides is 1. The fourth-order valence-electron chi connectivity index (χ4n) is 3.10. The van der Waals surface area contributed by atoms with Crippen LogP contribution in [0.2, 0.25) is 0 Å². The van der Waals surface area contributed by atoms with E-state index in [-0.39, 0.29) is 36.5 Å². The molecule has 2 N–H and O–H groups in total. The van der Waals surface area contributed by atoms with Gasteiger partial charge in [-0.05, 0) is 58.7 Å². The number of nitrogens with zero attached hydrogens (tertiary/aromatic N) is 3. The Bertz CT molecular complexity index is 657. The summed E-state index contributed by atoms with van der Waals surface area (Å²) in [7, 11) is 3.44. The number of benzene rings is 1. The van der Waals surface area contributed by atoms with Gasteiger partial charge in [-0.25, -0.2) is 4.99 Å². The van der Waals surface area contributed by atoms with Crippen molar-refractivity contribution in [2.24, 2.45) is 4.99 Å². The minimum atomic E-state index is -0.0643. The number of carbonyl (C=O) groups is 1. The minimum Gasteiger partial charge on any atom is -0.484 e. The standard InChI is InChI=1S/C23H41N5O2.HI/c1-8-24-23(25-13-10-14-28(18(2)3)19(4)5)26-16-20-11-9-12-21(15-20)30-17-22(29)27(6)7;/h9,11-12,15,18-19H,8,10,13-14,16-17H2,1-7H3,(H2,24,25,26);1H. The maximum absolute atomic E-state index is 11.7. The van der Waals surface area contributed by atoms with Crippen molar-refractivity contribution in [3.63, 3.8) is 0 Å². The fraction of sp³-hybridized carbons (Fsp3) is 0.652. The molecule has 1 rings (SSSR count). The summed E-state index contributed by atoms with van der Waals surface area (Å²) >= 11 is 0. The van der Waals surface area contributed by atoms with Crippen molar-refractivity contribution in [2.75, 3.05) is 40.3 Å². The van der Waals surface area contributed by atoms with Crippen LogP contribution in [-0.4, -0.2) is 74.1 Å². The molecule has 178 valence electrons. The molecule has 31 heavy (non-hydrogen) atoms. The van der Waals surface area contributed by atoms with Gasteiger partial charge in [-0.15, -0.1) is 24.0 Å². The lowest BCUT2D eigenvalue weighted by Crippen LogP contribution is -2.41. The molecule has 0 saturated heterocycles. The molecule has 0 atom stereocenters. The zero-order valence-electron chi connectivity index (χ0n) is 20.3. The Kier molecular flexibility index (Phi) is 15.3. The van der Waals surface area contributed by atoms with Gasteiger partial charge in [-0.3, -0.25) is 9.69 Å². The summed E-state index contributed by atoms with van der Waals surface area (Å²) in [5.74, 6) is 1.43. The van der Waals surface area contributed by atoms with Gasteiger partial charge in [0.15, 0.2) is 12.6 Å². The Balaban J connectivity index is 0.00000900. The van der Waals surface area contributed by atoms with Gasteiger partial charge in [0, 0.05) is 45.8 Å². The average molecular weight is 548 g/mol. The zero-order chi connectivity index (χ0) is 22.5. The molecule has 0 saturated carbocycles. The lowest BCUT2D eigenvalue weighted by molar-refractivity contribution is -0.130. The summed E-state index contributed by atoms with van der Waals surface area (Å²) in [6, 6.07) is 8.82. The van der Waals surface area contributed by atoms with E-state index in [2.05, 4.69) is 55.1 Å². The number of nitrogens with one attached hydrogen (secondary N) is 2. The second-order valence-corrected chi connectivity index (χ2v) is 8.13. The maximum atomic E-state index is 11.7. The highest BCUT2D eigenvalue weighted by Crippen LogP contribution is 2.14. The van der Waals surface area contributed by atoms with Crippen LogP contribution in [0.5, 0.6) is 5.75 Å². The van der Waals surface area contributed by atoms with Crippen LogP contribution in [0.4, 0.5) is 0 Å². The van der Waals surface area contributed by atoms with Crippen LogP contribution in [0.25, 0.3) is 0 Å². The first-order valence-corrected chi connectivity index (χ1v) is 10.9. The Morgan fingerprint density at radius 2 is 1.81 bits per heavy atom. The van der Waals surface area contributed by atoms with Gasteiger partial charge in [0.1, 0.15) is 5.75 Å². The van der Waals surface area contributed by atoms with Crippen molar-refractivity contribution in [3.05, 3.63) is 29.8 Å². The van der Waals surface area contributed by atoms with E-state index in [1.165, 1.54) is 4.90 Å². The van der Waals surface area contributed by atoms with Crippen LogP contribution in [-0.2, 0) is 11.3 Å². The molecule has 0 bridgehead atoms. The number of likely N-dealkylation sites (N-methyl/N-ethyl adjacent to an activating group) is 1. The Hall–Kier alpha value is -1.55. The third kappa shape index (κ3) is 12.2. The Morgan fingerprint density at radius 1 is 1.13 bits per heavy atom. The number of hydrogen-bond donors (Lipinski definition) is 2. The highest BCUT2D eigenvalue weighted by Gasteiger charge is 2.12. The van der Waals surface area contributed by atoms with E-state index < -0.39 is 0 Å². The predicted octanol–water partition coefficient (Wildman–Crippen LogP) is 3.34. The van der Waals surface area contributed by atoms with E-state index in [9.17, 15) is 4.79 Å². The fourth-order valence-corrected chi connectivity index (χ4v) is 3.10. The summed E-state index contributed by atoms with van der Waals surface area (Å²) in [5.41, 5.74) is 1.03. The second kappa shape index (κ2) is 16.1. The van der Waals surface area contributed by atoms with Crippen LogP contribution in [0.3, 0.4) is 0 Å². The van der Waals surface area contributed by atoms with Crippen molar-refractivity contribution >= 4 is 35.8 Å². The lowest BCUT2D eigenvalue weighted by Gasteiger charge is -2.30. The first kappa shape index (κ1) is 29.5. The molecule has 1 aromatic carbocycles. The molecule has 1 amide bonds. The SMILES string of the molecule is CCNC(=NCc1cccc(OCC(=O)N(C)C)c1)NCCCN(C(C)C)C(C)C.I. The lowest BCUT2D eigenvalue weighted by atomic mass is 10.2. The van der Waals surface area contributed by atoms with E-state index in [1.54, 1.807) is 14.1 Å². The molecule has 0 aliphatic carbocycles. The predicted molar refractivity (Wildman–Crippen MR) is 140 cm³/mol. The smallest absolute Gasteiger partial charge is 0.259 e. The minimum absolute atomic E-state index is 0. The first-order chi connectivity index (χ1) is 14.2. The zero-order valence-corrected chi connectivity index (χ0v) is 22.6. The van der Waals surface area contributed by atoms with E-state index in [0.717, 1.165) is 37.6 Å². The number of halogens is 1. The molecule has 0 aliphatic rings. The van der Waals surface area contributed by atoms with Gasteiger partial charge in [-0.2, -0.15) is 0 Å². The number of guanidine groups is 1. The van der Waals surface area contributed by atoms with E-state index >= 15 is 0 Å². The van der Waals surface area contributed by atoms with Gasteiger partial charge in [-0.1, -0.05) is 12.1 Å². The third-order valence-corrected chi connectivity index (χ3v) is 4.74. The van der Waals surface area contributed by atoms with Gasteiger partial charge < -0.3 is 20.3 Å². The molecule has 0 fully saturated rings. The van der Waals surface area contributed by atoms with Gasteiger partial charge >= 0.3 is 0 Å². The number of rotatable bonds is 12. The topological polar surface area (TPSA) is 69.2 Å². The van der Waals surface area contributed by atoms with Gasteiger partial charge in [0.25, 0.3) is 5.91 Å². The van der Waals surface area contributed by atoms with Crippen molar-refractivity contribution in [3.8, 4) is 5.75 Å². The molecule has 0 unspecified atom stereocenters. The average Bonchev–Trinajstić information content (AvgIpc) is 2.69. The molecular formula is C23H42IN5O2.